The average molecular weight is 273 g/mol. The van der Waals surface area contributed by atoms with Gasteiger partial charge in [-0.3, -0.25) is 4.79 Å². The first kappa shape index (κ1) is 15.4. The number of carbonyl (C=O) groups is 1. The molecule has 4 nitrogen and oxygen atoms in total. The number of carbonyl (C=O) groups excluding carboxylic acids is 1. The third kappa shape index (κ3) is 5.21. The van der Waals surface area contributed by atoms with Crippen LogP contribution >= 0.6 is 0 Å². The van der Waals surface area contributed by atoms with E-state index in [4.69, 9.17) is 0 Å². The number of alkyl halides is 2. The number of aliphatic hydroxyl groups is 1. The van der Waals surface area contributed by atoms with E-state index >= 15 is 0 Å². The molecular weight excluding hydrogens is 256 g/mol. The largest absolute Gasteiger partial charge is 0.435 e. The van der Waals surface area contributed by atoms with Crippen molar-refractivity contribution in [3.8, 4) is 5.75 Å². The molecule has 19 heavy (non-hydrogen) atoms. The van der Waals surface area contributed by atoms with Gasteiger partial charge in [0.15, 0.2) is 0 Å². The Bertz CT molecular complexity index is 418. The van der Waals surface area contributed by atoms with Gasteiger partial charge in [0.25, 0.3) is 5.91 Å². The van der Waals surface area contributed by atoms with Crippen molar-refractivity contribution >= 4 is 5.91 Å². The van der Waals surface area contributed by atoms with E-state index in [2.05, 4.69) is 10.1 Å². The van der Waals surface area contributed by atoms with Crippen molar-refractivity contribution in [3.63, 3.8) is 0 Å². The van der Waals surface area contributed by atoms with Crippen molar-refractivity contribution in [1.82, 2.24) is 5.32 Å². The Morgan fingerprint density at radius 1 is 1.42 bits per heavy atom. The van der Waals surface area contributed by atoms with Crippen LogP contribution in [0.2, 0.25) is 0 Å². The van der Waals surface area contributed by atoms with Gasteiger partial charge in [-0.25, -0.2) is 0 Å². The lowest BCUT2D eigenvalue weighted by Crippen LogP contribution is -2.40. The second-order valence-corrected chi connectivity index (χ2v) is 4.44. The van der Waals surface area contributed by atoms with Crippen LogP contribution in [0.5, 0.6) is 5.75 Å². The Hall–Kier alpha value is -1.69. The summed E-state index contributed by atoms with van der Waals surface area (Å²) in [4.78, 5) is 11.7. The SMILES string of the molecule is CCC(C)(O)CNC(=O)c1ccc(OC(F)F)cc1. The van der Waals surface area contributed by atoms with Crippen LogP contribution in [0.25, 0.3) is 0 Å². The third-order valence-electron chi connectivity index (χ3n) is 2.73. The molecule has 0 saturated heterocycles. The molecule has 6 heteroatoms. The van der Waals surface area contributed by atoms with Gasteiger partial charge in [-0.2, -0.15) is 8.78 Å². The van der Waals surface area contributed by atoms with Crippen molar-refractivity contribution < 1.29 is 23.4 Å². The molecule has 1 aromatic rings. The van der Waals surface area contributed by atoms with Gasteiger partial charge in [-0.15, -0.1) is 0 Å². The molecule has 0 radical (unpaired) electrons. The molecule has 2 N–H and O–H groups in total. The van der Waals surface area contributed by atoms with E-state index in [9.17, 15) is 18.7 Å². The first-order valence-corrected chi connectivity index (χ1v) is 5.89. The van der Waals surface area contributed by atoms with Crippen LogP contribution in [0.3, 0.4) is 0 Å². The second-order valence-electron chi connectivity index (χ2n) is 4.44. The Morgan fingerprint density at radius 3 is 2.47 bits per heavy atom. The maximum Gasteiger partial charge on any atom is 0.387 e. The maximum absolute atomic E-state index is 11.9. The lowest BCUT2D eigenvalue weighted by molar-refractivity contribution is -0.0498. The first-order chi connectivity index (χ1) is 8.84. The number of rotatable bonds is 6. The fourth-order valence-electron chi connectivity index (χ4n) is 1.29. The number of halogens is 2. The van der Waals surface area contributed by atoms with Gasteiger partial charge >= 0.3 is 6.61 Å². The van der Waals surface area contributed by atoms with Gasteiger partial charge < -0.3 is 15.2 Å². The second kappa shape index (κ2) is 6.47. The standard InChI is InChI=1S/C13H17F2NO3/c1-3-13(2,18)8-16-11(17)9-4-6-10(7-5-9)19-12(14)15/h4-7,12,18H,3,8H2,1-2H3,(H,16,17). The van der Waals surface area contributed by atoms with E-state index in [1.54, 1.807) is 6.92 Å². The molecule has 0 aliphatic heterocycles. The topological polar surface area (TPSA) is 58.6 Å². The van der Waals surface area contributed by atoms with Gasteiger partial charge in [-0.05, 0) is 37.6 Å². The first-order valence-electron chi connectivity index (χ1n) is 5.89. The monoisotopic (exact) mass is 273 g/mol. The minimum Gasteiger partial charge on any atom is -0.435 e. The molecule has 0 spiro atoms. The minimum absolute atomic E-state index is 0.00731. The summed E-state index contributed by atoms with van der Waals surface area (Å²) in [5.74, 6) is -0.385. The Kier molecular flexibility index (Phi) is 5.23. The highest BCUT2D eigenvalue weighted by molar-refractivity contribution is 5.94. The predicted molar refractivity (Wildman–Crippen MR) is 66.3 cm³/mol. The molecule has 1 unspecified atom stereocenters. The zero-order valence-corrected chi connectivity index (χ0v) is 10.8. The molecule has 106 valence electrons. The molecule has 0 aliphatic rings. The molecule has 1 amide bonds. The van der Waals surface area contributed by atoms with Gasteiger partial charge in [0, 0.05) is 12.1 Å². The number of ether oxygens (including phenoxy) is 1. The number of hydrogen-bond donors (Lipinski definition) is 2. The summed E-state index contributed by atoms with van der Waals surface area (Å²) in [7, 11) is 0. The van der Waals surface area contributed by atoms with Crippen LogP contribution in [0.4, 0.5) is 8.78 Å². The van der Waals surface area contributed by atoms with Crippen molar-refractivity contribution in [3.05, 3.63) is 29.8 Å². The van der Waals surface area contributed by atoms with Gasteiger partial charge in [0.1, 0.15) is 5.75 Å². The molecule has 0 saturated carbocycles. The normalized spacial score (nSPS) is 14.0. The zero-order valence-electron chi connectivity index (χ0n) is 10.8. The van der Waals surface area contributed by atoms with Crippen molar-refractivity contribution in [1.29, 1.82) is 0 Å². The van der Waals surface area contributed by atoms with Crippen LogP contribution in [0.15, 0.2) is 24.3 Å². The highest BCUT2D eigenvalue weighted by Crippen LogP contribution is 2.15. The van der Waals surface area contributed by atoms with E-state index in [0.29, 0.717) is 12.0 Å². The zero-order chi connectivity index (χ0) is 14.5. The summed E-state index contributed by atoms with van der Waals surface area (Å²) in [6.45, 7) is 0.659. The summed E-state index contributed by atoms with van der Waals surface area (Å²) in [6.07, 6.45) is 0.508. The van der Waals surface area contributed by atoms with Crippen LogP contribution < -0.4 is 10.1 Å². The highest BCUT2D eigenvalue weighted by Gasteiger charge is 2.18. The van der Waals surface area contributed by atoms with E-state index in [1.165, 1.54) is 24.3 Å². The molecule has 0 heterocycles. The van der Waals surface area contributed by atoms with Crippen molar-refractivity contribution in [2.45, 2.75) is 32.5 Å². The Morgan fingerprint density at radius 2 is 2.00 bits per heavy atom. The lowest BCUT2D eigenvalue weighted by Gasteiger charge is -2.21. The quantitative estimate of drug-likeness (QED) is 0.835. The van der Waals surface area contributed by atoms with Crippen molar-refractivity contribution in [2.75, 3.05) is 6.54 Å². The van der Waals surface area contributed by atoms with Gasteiger partial charge in [0.2, 0.25) is 0 Å². The van der Waals surface area contributed by atoms with E-state index < -0.39 is 12.2 Å². The number of benzene rings is 1. The molecule has 0 fully saturated rings. The molecule has 1 rings (SSSR count). The molecular formula is C13H17F2NO3. The third-order valence-corrected chi connectivity index (χ3v) is 2.73. The summed E-state index contributed by atoms with van der Waals surface area (Å²) >= 11 is 0. The fraction of sp³-hybridized carbons (Fsp3) is 0.462. The summed E-state index contributed by atoms with van der Waals surface area (Å²) < 4.78 is 28.1. The fourth-order valence-corrected chi connectivity index (χ4v) is 1.29. The van der Waals surface area contributed by atoms with Crippen LogP contribution in [-0.2, 0) is 0 Å². The van der Waals surface area contributed by atoms with Crippen LogP contribution in [-0.4, -0.2) is 29.8 Å². The van der Waals surface area contributed by atoms with E-state index in [1.807, 2.05) is 6.92 Å². The minimum atomic E-state index is -2.89. The van der Waals surface area contributed by atoms with Crippen molar-refractivity contribution in [2.24, 2.45) is 0 Å². The van der Waals surface area contributed by atoms with E-state index in [-0.39, 0.29) is 18.2 Å². The molecule has 1 aromatic carbocycles. The summed E-state index contributed by atoms with van der Waals surface area (Å²) in [5, 5.41) is 12.3. The van der Waals surface area contributed by atoms with Crippen LogP contribution in [0.1, 0.15) is 30.6 Å². The molecule has 0 bridgehead atoms. The molecule has 0 aromatic heterocycles. The molecule has 1 atom stereocenters. The van der Waals surface area contributed by atoms with E-state index in [0.717, 1.165) is 0 Å². The number of amides is 1. The molecule has 0 aliphatic carbocycles. The number of hydrogen-bond acceptors (Lipinski definition) is 3. The average Bonchev–Trinajstić information content (AvgIpc) is 2.36. The van der Waals surface area contributed by atoms with Crippen LogP contribution in [0, 0.1) is 0 Å². The Balaban J connectivity index is 2.58. The highest BCUT2D eigenvalue weighted by atomic mass is 19.3. The number of nitrogens with one attached hydrogen (secondary N) is 1. The summed E-state index contributed by atoms with van der Waals surface area (Å²) in [6, 6.07) is 5.35. The van der Waals surface area contributed by atoms with Gasteiger partial charge in [0.05, 0.1) is 5.60 Å². The maximum atomic E-state index is 11.9. The lowest BCUT2D eigenvalue weighted by atomic mass is 10.0. The van der Waals surface area contributed by atoms with Gasteiger partial charge in [-0.1, -0.05) is 6.92 Å². The Labute approximate surface area is 110 Å². The smallest absolute Gasteiger partial charge is 0.387 e. The summed E-state index contributed by atoms with van der Waals surface area (Å²) in [5.41, 5.74) is -0.650. The predicted octanol–water partition coefficient (Wildman–Crippen LogP) is 2.18.